The smallest absolute Gasteiger partial charge is 0.265 e. The summed E-state index contributed by atoms with van der Waals surface area (Å²) in [5.74, 6) is -0.133. The first-order valence-electron chi connectivity index (χ1n) is 8.01. The molecule has 3 nitrogen and oxygen atoms in total. The third-order valence-corrected chi connectivity index (χ3v) is 3.95. The van der Waals surface area contributed by atoms with Crippen molar-refractivity contribution in [2.45, 2.75) is 31.7 Å². The summed E-state index contributed by atoms with van der Waals surface area (Å²) >= 11 is 0. The van der Waals surface area contributed by atoms with Gasteiger partial charge in [-0.3, -0.25) is 10.2 Å². The fourth-order valence-corrected chi connectivity index (χ4v) is 2.82. The van der Waals surface area contributed by atoms with E-state index in [0.717, 1.165) is 24.8 Å². The van der Waals surface area contributed by atoms with Crippen LogP contribution in [-0.4, -0.2) is 5.91 Å². The third kappa shape index (κ3) is 4.30. The molecule has 2 aromatic rings. The maximum absolute atomic E-state index is 12.3. The SMILES string of the molecule is C=CCC(CCC)(NNC(=O)c1ccccc1)c1ccccc1. The van der Waals surface area contributed by atoms with E-state index >= 15 is 0 Å². The Hall–Kier alpha value is -2.39. The zero-order chi connectivity index (χ0) is 16.5. The molecule has 0 aliphatic carbocycles. The number of carbonyl (C=O) groups is 1. The van der Waals surface area contributed by atoms with Crippen LogP contribution in [0.3, 0.4) is 0 Å². The second-order valence-corrected chi connectivity index (χ2v) is 5.64. The summed E-state index contributed by atoms with van der Waals surface area (Å²) in [6, 6.07) is 19.4. The molecule has 0 heterocycles. The quantitative estimate of drug-likeness (QED) is 0.567. The van der Waals surface area contributed by atoms with Crippen LogP contribution in [0.15, 0.2) is 73.3 Å². The normalized spacial score (nSPS) is 13.1. The summed E-state index contributed by atoms with van der Waals surface area (Å²) in [5.41, 5.74) is 7.59. The maximum atomic E-state index is 12.3. The Labute approximate surface area is 138 Å². The molecule has 2 N–H and O–H groups in total. The van der Waals surface area contributed by atoms with Gasteiger partial charge in [0, 0.05) is 5.56 Å². The first-order valence-corrected chi connectivity index (χ1v) is 8.01. The van der Waals surface area contributed by atoms with Gasteiger partial charge in [-0.05, 0) is 30.5 Å². The van der Waals surface area contributed by atoms with Crippen LogP contribution in [-0.2, 0) is 5.54 Å². The lowest BCUT2D eigenvalue weighted by molar-refractivity contribution is 0.0898. The number of nitrogens with one attached hydrogen (secondary N) is 2. The minimum absolute atomic E-state index is 0.133. The fraction of sp³-hybridized carbons (Fsp3) is 0.250. The third-order valence-electron chi connectivity index (χ3n) is 3.95. The van der Waals surface area contributed by atoms with Crippen molar-refractivity contribution in [2.24, 2.45) is 0 Å². The molecular formula is C20H24N2O. The van der Waals surface area contributed by atoms with Crippen LogP contribution >= 0.6 is 0 Å². The molecule has 0 spiro atoms. The molecule has 0 aliphatic rings. The lowest BCUT2D eigenvalue weighted by Crippen LogP contribution is -2.52. The molecular weight excluding hydrogens is 284 g/mol. The molecule has 0 fully saturated rings. The highest BCUT2D eigenvalue weighted by Gasteiger charge is 2.30. The van der Waals surface area contributed by atoms with Crippen LogP contribution < -0.4 is 10.9 Å². The minimum Gasteiger partial charge on any atom is -0.287 e. The highest BCUT2D eigenvalue weighted by molar-refractivity contribution is 5.93. The number of carbonyl (C=O) groups excluding carboxylic acids is 1. The van der Waals surface area contributed by atoms with E-state index in [1.165, 1.54) is 0 Å². The van der Waals surface area contributed by atoms with Crippen molar-refractivity contribution in [1.82, 2.24) is 10.9 Å². The summed E-state index contributed by atoms with van der Waals surface area (Å²) in [6.45, 7) is 6.03. The number of amides is 1. The Morgan fingerprint density at radius 1 is 1.09 bits per heavy atom. The molecule has 1 atom stereocenters. The van der Waals surface area contributed by atoms with Crippen LogP contribution in [0.4, 0.5) is 0 Å². The molecule has 23 heavy (non-hydrogen) atoms. The van der Waals surface area contributed by atoms with Crippen LogP contribution in [0, 0.1) is 0 Å². The van der Waals surface area contributed by atoms with Crippen LogP contribution in [0.2, 0.25) is 0 Å². The van der Waals surface area contributed by atoms with Gasteiger partial charge >= 0.3 is 0 Å². The van der Waals surface area contributed by atoms with Crippen molar-refractivity contribution < 1.29 is 4.79 Å². The molecule has 0 saturated heterocycles. The molecule has 3 heteroatoms. The Kier molecular flexibility index (Phi) is 6.12. The molecule has 0 saturated carbocycles. The molecule has 2 rings (SSSR count). The van der Waals surface area contributed by atoms with Crippen LogP contribution in [0.5, 0.6) is 0 Å². The Morgan fingerprint density at radius 3 is 2.26 bits per heavy atom. The average Bonchev–Trinajstić information content (AvgIpc) is 2.61. The van der Waals surface area contributed by atoms with Crippen molar-refractivity contribution in [1.29, 1.82) is 0 Å². The van der Waals surface area contributed by atoms with Gasteiger partial charge in [-0.25, -0.2) is 5.43 Å². The molecule has 0 radical (unpaired) electrons. The van der Waals surface area contributed by atoms with Gasteiger partial charge in [0.2, 0.25) is 0 Å². The summed E-state index contributed by atoms with van der Waals surface area (Å²) in [5, 5.41) is 0. The van der Waals surface area contributed by atoms with E-state index in [0.29, 0.717) is 5.56 Å². The van der Waals surface area contributed by atoms with E-state index in [2.05, 4.69) is 36.5 Å². The van der Waals surface area contributed by atoms with E-state index in [-0.39, 0.29) is 11.4 Å². The average molecular weight is 308 g/mol. The second-order valence-electron chi connectivity index (χ2n) is 5.64. The Morgan fingerprint density at radius 2 is 1.70 bits per heavy atom. The number of rotatable bonds is 8. The topological polar surface area (TPSA) is 41.1 Å². The minimum atomic E-state index is -0.345. The van der Waals surface area contributed by atoms with Gasteiger partial charge in [0.05, 0.1) is 5.54 Å². The van der Waals surface area contributed by atoms with E-state index < -0.39 is 0 Å². The zero-order valence-electron chi connectivity index (χ0n) is 13.6. The first-order chi connectivity index (χ1) is 11.2. The van der Waals surface area contributed by atoms with E-state index in [4.69, 9.17) is 0 Å². The van der Waals surface area contributed by atoms with Gasteiger partial charge < -0.3 is 0 Å². The van der Waals surface area contributed by atoms with Crippen LogP contribution in [0.1, 0.15) is 42.1 Å². The van der Waals surface area contributed by atoms with E-state index in [1.54, 1.807) is 12.1 Å². The van der Waals surface area contributed by atoms with Gasteiger partial charge in [0.15, 0.2) is 0 Å². The highest BCUT2D eigenvalue weighted by Crippen LogP contribution is 2.30. The molecule has 1 amide bonds. The largest absolute Gasteiger partial charge is 0.287 e. The van der Waals surface area contributed by atoms with Crippen molar-refractivity contribution in [3.05, 3.63) is 84.4 Å². The molecule has 2 aromatic carbocycles. The van der Waals surface area contributed by atoms with Crippen LogP contribution in [0.25, 0.3) is 0 Å². The number of hydrazine groups is 1. The van der Waals surface area contributed by atoms with Crippen molar-refractivity contribution in [3.63, 3.8) is 0 Å². The molecule has 120 valence electrons. The summed E-state index contributed by atoms with van der Waals surface area (Å²) < 4.78 is 0. The number of hydrogen-bond donors (Lipinski definition) is 2. The van der Waals surface area contributed by atoms with Gasteiger partial charge in [-0.2, -0.15) is 0 Å². The Bertz CT molecular complexity index is 625. The Balaban J connectivity index is 2.20. The maximum Gasteiger partial charge on any atom is 0.265 e. The second kappa shape index (κ2) is 8.30. The van der Waals surface area contributed by atoms with Gasteiger partial charge in [0.1, 0.15) is 0 Å². The zero-order valence-corrected chi connectivity index (χ0v) is 13.6. The number of benzene rings is 2. The van der Waals surface area contributed by atoms with Crippen molar-refractivity contribution >= 4 is 5.91 Å². The standard InChI is InChI=1S/C20H24N2O/c1-3-15-20(16-4-2,18-13-9-6-10-14-18)22-21-19(23)17-11-7-5-8-12-17/h3,5-14,22H,1,4,15-16H2,2H3,(H,21,23). The van der Waals surface area contributed by atoms with Gasteiger partial charge in [-0.15, -0.1) is 6.58 Å². The predicted molar refractivity (Wildman–Crippen MR) is 94.9 cm³/mol. The lowest BCUT2D eigenvalue weighted by Gasteiger charge is -2.34. The molecule has 0 bridgehead atoms. The summed E-state index contributed by atoms with van der Waals surface area (Å²) in [7, 11) is 0. The number of hydrogen-bond acceptors (Lipinski definition) is 2. The monoisotopic (exact) mass is 308 g/mol. The van der Waals surface area contributed by atoms with Gasteiger partial charge in [0.25, 0.3) is 5.91 Å². The fourth-order valence-electron chi connectivity index (χ4n) is 2.82. The lowest BCUT2D eigenvalue weighted by atomic mass is 9.83. The van der Waals surface area contributed by atoms with Crippen molar-refractivity contribution in [3.8, 4) is 0 Å². The summed E-state index contributed by atoms with van der Waals surface area (Å²) in [4.78, 5) is 12.3. The van der Waals surface area contributed by atoms with E-state index in [1.807, 2.05) is 42.5 Å². The molecule has 0 aliphatic heterocycles. The van der Waals surface area contributed by atoms with Gasteiger partial charge in [-0.1, -0.05) is 68.0 Å². The van der Waals surface area contributed by atoms with Crippen molar-refractivity contribution in [2.75, 3.05) is 0 Å². The molecule has 1 unspecified atom stereocenters. The van der Waals surface area contributed by atoms with E-state index in [9.17, 15) is 4.79 Å². The summed E-state index contributed by atoms with van der Waals surface area (Å²) in [6.07, 6.45) is 4.53. The predicted octanol–water partition coefficient (Wildman–Crippen LogP) is 4.19. The molecule has 0 aromatic heterocycles. The first kappa shape index (κ1) is 17.0. The highest BCUT2D eigenvalue weighted by atomic mass is 16.2.